The number of aryl methyl sites for hydroxylation is 1. The van der Waals surface area contributed by atoms with Crippen LogP contribution >= 0.6 is 23.8 Å². The maximum Gasteiger partial charge on any atom is 0.255 e. The Labute approximate surface area is 157 Å². The van der Waals surface area contributed by atoms with E-state index in [4.69, 9.17) is 23.8 Å². The summed E-state index contributed by atoms with van der Waals surface area (Å²) in [4.78, 5) is 13.0. The van der Waals surface area contributed by atoms with Crippen LogP contribution in [0.2, 0.25) is 5.02 Å². The van der Waals surface area contributed by atoms with Gasteiger partial charge < -0.3 is 16.0 Å². The molecule has 1 atom stereocenters. The zero-order chi connectivity index (χ0) is 18.0. The van der Waals surface area contributed by atoms with Crippen LogP contribution < -0.4 is 16.0 Å². The molecule has 128 valence electrons. The zero-order valence-corrected chi connectivity index (χ0v) is 15.5. The van der Waals surface area contributed by atoms with Gasteiger partial charge in [0, 0.05) is 16.4 Å². The smallest absolute Gasteiger partial charge is 0.255 e. The summed E-state index contributed by atoms with van der Waals surface area (Å²) in [5.74, 6) is -0.195. The van der Waals surface area contributed by atoms with Gasteiger partial charge in [0.05, 0.1) is 11.6 Å². The molecule has 1 aliphatic rings. The Morgan fingerprint density at radius 2 is 1.80 bits per heavy atom. The van der Waals surface area contributed by atoms with Crippen LogP contribution in [0.1, 0.15) is 24.1 Å². The van der Waals surface area contributed by atoms with Crippen LogP contribution in [0.25, 0.3) is 0 Å². The van der Waals surface area contributed by atoms with E-state index < -0.39 is 6.04 Å². The van der Waals surface area contributed by atoms with E-state index in [0.717, 1.165) is 16.8 Å². The van der Waals surface area contributed by atoms with Crippen molar-refractivity contribution >= 4 is 40.5 Å². The Morgan fingerprint density at radius 3 is 2.52 bits per heavy atom. The molecule has 2 aromatic rings. The number of anilines is 1. The fourth-order valence-corrected chi connectivity index (χ4v) is 3.36. The Kier molecular flexibility index (Phi) is 5.06. The average Bonchev–Trinajstić information content (AvgIpc) is 2.56. The summed E-state index contributed by atoms with van der Waals surface area (Å²) in [5, 5.41) is 10.2. The number of benzene rings is 2. The Bertz CT molecular complexity index is 878. The lowest BCUT2D eigenvalue weighted by atomic mass is 9.94. The number of hydrogen-bond donors (Lipinski definition) is 3. The lowest BCUT2D eigenvalue weighted by molar-refractivity contribution is -0.113. The van der Waals surface area contributed by atoms with Crippen LogP contribution in [0.4, 0.5) is 5.69 Å². The molecule has 1 aliphatic heterocycles. The lowest BCUT2D eigenvalue weighted by Gasteiger charge is -2.31. The van der Waals surface area contributed by atoms with E-state index in [-0.39, 0.29) is 5.91 Å². The highest BCUT2D eigenvalue weighted by Crippen LogP contribution is 2.32. The molecule has 0 bridgehead atoms. The van der Waals surface area contributed by atoms with Crippen LogP contribution in [-0.2, 0) is 4.79 Å². The molecule has 0 saturated heterocycles. The summed E-state index contributed by atoms with van der Waals surface area (Å²) in [7, 11) is 0. The van der Waals surface area contributed by atoms with Gasteiger partial charge in [-0.25, -0.2) is 0 Å². The molecule has 2 aromatic carbocycles. The number of amides is 1. The van der Waals surface area contributed by atoms with E-state index in [1.54, 1.807) is 6.07 Å². The third-order valence-electron chi connectivity index (χ3n) is 4.12. The first-order valence-corrected chi connectivity index (χ1v) is 8.65. The lowest BCUT2D eigenvalue weighted by Crippen LogP contribution is -2.45. The number of carbonyl (C=O) groups is 1. The molecule has 1 amide bonds. The summed E-state index contributed by atoms with van der Waals surface area (Å²) in [5.41, 5.74) is 3.85. The summed E-state index contributed by atoms with van der Waals surface area (Å²) in [6.07, 6.45) is 0. The zero-order valence-electron chi connectivity index (χ0n) is 13.9. The van der Waals surface area contributed by atoms with Crippen LogP contribution in [0, 0.1) is 6.92 Å². The highest BCUT2D eigenvalue weighted by Gasteiger charge is 2.31. The third-order valence-corrected chi connectivity index (χ3v) is 4.69. The van der Waals surface area contributed by atoms with Gasteiger partial charge in [-0.2, -0.15) is 0 Å². The molecular weight excluding hydrogens is 354 g/mol. The van der Waals surface area contributed by atoms with Gasteiger partial charge in [-0.3, -0.25) is 4.79 Å². The standard InChI is InChI=1S/C19H18ClN3OS/c1-11-7-3-6-10-15(11)22-18(24)16-12(2)21-19(25)23-17(16)13-8-4-5-9-14(13)20/h3-10,17H,1-2H3,(H,22,24)(H2,21,23,25)/t17-/m1/s1. The molecule has 25 heavy (non-hydrogen) atoms. The van der Waals surface area contributed by atoms with Crippen molar-refractivity contribution in [3.05, 3.63) is 76.0 Å². The van der Waals surface area contributed by atoms with Gasteiger partial charge in [-0.15, -0.1) is 0 Å². The van der Waals surface area contributed by atoms with Crippen LogP contribution in [-0.4, -0.2) is 11.0 Å². The molecule has 1 heterocycles. The minimum atomic E-state index is -0.411. The maximum atomic E-state index is 13.0. The monoisotopic (exact) mass is 371 g/mol. The number of halogens is 1. The molecule has 0 saturated carbocycles. The fraction of sp³-hybridized carbons (Fsp3) is 0.158. The summed E-state index contributed by atoms with van der Waals surface area (Å²) >= 11 is 11.6. The van der Waals surface area contributed by atoms with Crippen molar-refractivity contribution in [1.29, 1.82) is 0 Å². The van der Waals surface area contributed by atoms with Gasteiger partial charge in [0.2, 0.25) is 0 Å². The molecule has 0 aliphatic carbocycles. The minimum absolute atomic E-state index is 0.195. The number of rotatable bonds is 3. The second kappa shape index (κ2) is 7.25. The second-order valence-corrected chi connectivity index (χ2v) is 6.68. The normalized spacial score (nSPS) is 16.9. The molecule has 0 aromatic heterocycles. The first kappa shape index (κ1) is 17.5. The fourth-order valence-electron chi connectivity index (χ4n) is 2.84. The van der Waals surface area contributed by atoms with E-state index in [1.165, 1.54) is 0 Å². The van der Waals surface area contributed by atoms with Crippen molar-refractivity contribution in [2.75, 3.05) is 5.32 Å². The minimum Gasteiger partial charge on any atom is -0.351 e. The number of allylic oxidation sites excluding steroid dienone is 1. The average molecular weight is 372 g/mol. The van der Waals surface area contributed by atoms with Crippen LogP contribution in [0.15, 0.2) is 59.8 Å². The molecule has 3 rings (SSSR count). The van der Waals surface area contributed by atoms with Gasteiger partial charge in [0.15, 0.2) is 5.11 Å². The van der Waals surface area contributed by atoms with E-state index >= 15 is 0 Å². The molecule has 0 fully saturated rings. The molecular formula is C19H18ClN3OS. The summed E-state index contributed by atoms with van der Waals surface area (Å²) in [6, 6.07) is 14.7. The summed E-state index contributed by atoms with van der Waals surface area (Å²) < 4.78 is 0. The predicted octanol–water partition coefficient (Wildman–Crippen LogP) is 4.08. The molecule has 0 radical (unpaired) electrons. The molecule has 3 N–H and O–H groups in total. The number of para-hydroxylation sites is 1. The summed E-state index contributed by atoms with van der Waals surface area (Å²) in [6.45, 7) is 3.79. The number of nitrogens with one attached hydrogen (secondary N) is 3. The molecule has 6 heteroatoms. The van der Waals surface area contributed by atoms with Crippen LogP contribution in [0.3, 0.4) is 0 Å². The predicted molar refractivity (Wildman–Crippen MR) is 106 cm³/mol. The van der Waals surface area contributed by atoms with Crippen molar-refractivity contribution in [3.8, 4) is 0 Å². The topological polar surface area (TPSA) is 53.2 Å². The quantitative estimate of drug-likeness (QED) is 0.711. The van der Waals surface area contributed by atoms with Crippen molar-refractivity contribution in [2.45, 2.75) is 19.9 Å². The first-order chi connectivity index (χ1) is 12.0. The molecule has 0 spiro atoms. The number of hydrogen-bond acceptors (Lipinski definition) is 2. The number of thiocarbonyl (C=S) groups is 1. The second-order valence-electron chi connectivity index (χ2n) is 5.86. The van der Waals surface area contributed by atoms with Crippen molar-refractivity contribution in [3.63, 3.8) is 0 Å². The van der Waals surface area contributed by atoms with Gasteiger partial charge in [-0.05, 0) is 49.3 Å². The van der Waals surface area contributed by atoms with E-state index in [2.05, 4.69) is 16.0 Å². The Morgan fingerprint density at radius 1 is 1.12 bits per heavy atom. The van der Waals surface area contributed by atoms with Gasteiger partial charge in [0.1, 0.15) is 0 Å². The third kappa shape index (κ3) is 3.67. The Balaban J connectivity index is 1.99. The van der Waals surface area contributed by atoms with E-state index in [1.807, 2.05) is 56.3 Å². The van der Waals surface area contributed by atoms with Gasteiger partial charge >= 0.3 is 0 Å². The SMILES string of the molecule is CC1=C(C(=O)Nc2ccccc2C)[C@@H](c2ccccc2Cl)NC(=S)N1. The first-order valence-electron chi connectivity index (χ1n) is 7.87. The van der Waals surface area contributed by atoms with Crippen molar-refractivity contribution in [1.82, 2.24) is 10.6 Å². The van der Waals surface area contributed by atoms with E-state index in [0.29, 0.717) is 21.4 Å². The maximum absolute atomic E-state index is 13.0. The van der Waals surface area contributed by atoms with E-state index in [9.17, 15) is 4.79 Å². The van der Waals surface area contributed by atoms with Crippen LogP contribution in [0.5, 0.6) is 0 Å². The highest BCUT2D eigenvalue weighted by molar-refractivity contribution is 7.80. The molecule has 0 unspecified atom stereocenters. The van der Waals surface area contributed by atoms with Gasteiger partial charge in [-0.1, -0.05) is 48.0 Å². The highest BCUT2D eigenvalue weighted by atomic mass is 35.5. The number of carbonyl (C=O) groups excluding carboxylic acids is 1. The van der Waals surface area contributed by atoms with Gasteiger partial charge in [0.25, 0.3) is 5.91 Å². The Hall–Kier alpha value is -2.37. The molecule has 4 nitrogen and oxygen atoms in total. The van der Waals surface area contributed by atoms with Crippen molar-refractivity contribution in [2.24, 2.45) is 0 Å². The van der Waals surface area contributed by atoms with Crippen molar-refractivity contribution < 1.29 is 4.79 Å². The largest absolute Gasteiger partial charge is 0.351 e.